The van der Waals surface area contributed by atoms with Gasteiger partial charge in [0.25, 0.3) is 5.91 Å². The molecule has 0 aromatic heterocycles. The topological polar surface area (TPSA) is 76.7 Å². The number of halogens is 2. The van der Waals surface area contributed by atoms with Crippen LogP contribution in [0.1, 0.15) is 19.3 Å². The van der Waals surface area contributed by atoms with Crippen molar-refractivity contribution in [2.24, 2.45) is 17.8 Å². The Labute approximate surface area is 196 Å². The average Bonchev–Trinajstić information content (AvgIpc) is 3.68. The van der Waals surface area contributed by atoms with Crippen molar-refractivity contribution in [3.8, 4) is 11.5 Å². The molecule has 6 atom stereocenters. The first-order chi connectivity index (χ1) is 15.5. The van der Waals surface area contributed by atoms with Crippen LogP contribution in [0, 0.1) is 17.8 Å². The van der Waals surface area contributed by atoms with Crippen molar-refractivity contribution in [3.05, 3.63) is 58.6 Å². The van der Waals surface area contributed by atoms with Crippen molar-refractivity contribution < 1.29 is 19.1 Å². The van der Waals surface area contributed by atoms with Crippen LogP contribution >= 0.6 is 23.2 Å². The third-order valence-electron chi connectivity index (χ3n) is 6.46. The Balaban J connectivity index is 1.05. The zero-order chi connectivity index (χ0) is 22.2. The van der Waals surface area contributed by atoms with E-state index in [4.69, 9.17) is 32.7 Å². The summed E-state index contributed by atoms with van der Waals surface area (Å²) in [7, 11) is 0. The molecule has 3 aliphatic carbocycles. The molecule has 2 aromatic rings. The smallest absolute Gasteiger partial charge is 0.258 e. The Morgan fingerprint density at radius 1 is 0.812 bits per heavy atom. The summed E-state index contributed by atoms with van der Waals surface area (Å²) in [5.41, 5.74) is 0. The highest BCUT2D eigenvalue weighted by atomic mass is 35.5. The maximum Gasteiger partial charge on any atom is 0.258 e. The third kappa shape index (κ3) is 4.97. The van der Waals surface area contributed by atoms with Crippen molar-refractivity contribution in [1.82, 2.24) is 10.6 Å². The van der Waals surface area contributed by atoms with Crippen LogP contribution < -0.4 is 20.1 Å². The quantitative estimate of drug-likeness (QED) is 0.608. The number of carbonyl (C=O) groups is 2. The molecule has 0 bridgehead atoms. The number of ether oxygens (including phenoxy) is 2. The first-order valence-corrected chi connectivity index (χ1v) is 11.6. The van der Waals surface area contributed by atoms with E-state index in [-0.39, 0.29) is 42.5 Å². The molecule has 0 aliphatic heterocycles. The van der Waals surface area contributed by atoms with Gasteiger partial charge in [0.2, 0.25) is 5.91 Å². The summed E-state index contributed by atoms with van der Waals surface area (Å²) < 4.78 is 11.4. The van der Waals surface area contributed by atoms with Crippen molar-refractivity contribution in [2.75, 3.05) is 6.61 Å². The Morgan fingerprint density at radius 3 is 2.06 bits per heavy atom. The predicted molar refractivity (Wildman–Crippen MR) is 121 cm³/mol. The van der Waals surface area contributed by atoms with Gasteiger partial charge >= 0.3 is 0 Å². The monoisotopic (exact) mass is 474 g/mol. The molecule has 6 nitrogen and oxygen atoms in total. The molecular weight excluding hydrogens is 451 g/mol. The molecule has 0 heterocycles. The molecule has 3 aliphatic rings. The zero-order valence-corrected chi connectivity index (χ0v) is 18.8. The Hall–Kier alpha value is -2.44. The van der Waals surface area contributed by atoms with Gasteiger partial charge in [-0.3, -0.25) is 9.59 Å². The Kier molecular flexibility index (Phi) is 5.91. The van der Waals surface area contributed by atoms with Crippen LogP contribution in [-0.4, -0.2) is 36.6 Å². The summed E-state index contributed by atoms with van der Waals surface area (Å²) in [5, 5.41) is 7.53. The van der Waals surface area contributed by atoms with E-state index in [2.05, 4.69) is 10.6 Å². The lowest BCUT2D eigenvalue weighted by atomic mass is 10.1. The number of hydrogen-bond acceptors (Lipinski definition) is 4. The van der Waals surface area contributed by atoms with Crippen molar-refractivity contribution >= 4 is 35.0 Å². The first kappa shape index (κ1) is 21.4. The highest BCUT2D eigenvalue weighted by Crippen LogP contribution is 2.52. The molecule has 0 radical (unpaired) electrons. The Morgan fingerprint density at radius 2 is 1.41 bits per heavy atom. The van der Waals surface area contributed by atoms with Gasteiger partial charge in [-0.15, -0.1) is 0 Å². The number of nitrogens with one attached hydrogen (secondary N) is 2. The SMILES string of the molecule is O=C(COc1ccc(Cl)cc1)NC1CC(NC(=O)C2CC2Oc2ccc(Cl)cc2)C2CC12. The van der Waals surface area contributed by atoms with Crippen LogP contribution in [-0.2, 0) is 9.59 Å². The number of fused-ring (bicyclic) bond motifs is 1. The maximum absolute atomic E-state index is 12.7. The first-order valence-electron chi connectivity index (χ1n) is 10.9. The van der Waals surface area contributed by atoms with Crippen LogP contribution in [0.5, 0.6) is 11.5 Å². The van der Waals surface area contributed by atoms with Crippen LogP contribution in [0.4, 0.5) is 0 Å². The average molecular weight is 475 g/mol. The summed E-state index contributed by atoms with van der Waals surface area (Å²) in [6.45, 7) is -0.0433. The molecule has 2 N–H and O–H groups in total. The Bertz CT molecular complexity index is 998. The van der Waals surface area contributed by atoms with Gasteiger partial charge in [-0.25, -0.2) is 0 Å². The minimum absolute atomic E-state index is 0.0395. The normalized spacial score (nSPS) is 29.6. The van der Waals surface area contributed by atoms with Crippen molar-refractivity contribution in [2.45, 2.75) is 37.5 Å². The van der Waals surface area contributed by atoms with Gasteiger partial charge in [0.15, 0.2) is 6.61 Å². The number of amides is 2. The van der Waals surface area contributed by atoms with E-state index in [0.29, 0.717) is 27.6 Å². The van der Waals surface area contributed by atoms with Gasteiger partial charge < -0.3 is 20.1 Å². The number of benzene rings is 2. The minimum atomic E-state index is -0.152. The van der Waals surface area contributed by atoms with Crippen LogP contribution in [0.2, 0.25) is 10.0 Å². The van der Waals surface area contributed by atoms with Gasteiger partial charge in [-0.2, -0.15) is 0 Å². The van der Waals surface area contributed by atoms with E-state index in [0.717, 1.165) is 25.0 Å². The van der Waals surface area contributed by atoms with Crippen molar-refractivity contribution in [1.29, 1.82) is 0 Å². The van der Waals surface area contributed by atoms with E-state index >= 15 is 0 Å². The summed E-state index contributed by atoms with van der Waals surface area (Å²) in [6.07, 6.45) is 2.41. The van der Waals surface area contributed by atoms with Crippen LogP contribution in [0.3, 0.4) is 0 Å². The molecule has 32 heavy (non-hydrogen) atoms. The molecule has 6 unspecified atom stereocenters. The van der Waals surface area contributed by atoms with E-state index < -0.39 is 0 Å². The number of hydrogen-bond donors (Lipinski definition) is 2. The summed E-state index contributed by atoms with van der Waals surface area (Å²) >= 11 is 11.7. The number of carbonyl (C=O) groups excluding carboxylic acids is 2. The molecule has 8 heteroatoms. The lowest BCUT2D eigenvalue weighted by molar-refractivity contribution is -0.124. The molecule has 0 saturated heterocycles. The zero-order valence-electron chi connectivity index (χ0n) is 17.3. The molecule has 3 saturated carbocycles. The standard InChI is InChI=1S/C24H24Cl2N2O4/c25-13-1-5-15(6-2-13)31-12-23(29)27-20-11-21(18-9-17(18)20)28-24(30)19-10-22(19)32-16-7-3-14(26)4-8-16/h1-8,17-22H,9-12H2,(H,27,29)(H,28,30). The van der Waals surface area contributed by atoms with E-state index in [1.165, 1.54) is 0 Å². The van der Waals surface area contributed by atoms with Gasteiger partial charge in [0.1, 0.15) is 17.6 Å². The highest BCUT2D eigenvalue weighted by Gasteiger charge is 2.56. The van der Waals surface area contributed by atoms with E-state index in [1.54, 1.807) is 36.4 Å². The largest absolute Gasteiger partial charge is 0.490 e. The predicted octanol–water partition coefficient (Wildman–Crippen LogP) is 3.85. The van der Waals surface area contributed by atoms with Gasteiger partial charge in [0.05, 0.1) is 5.92 Å². The van der Waals surface area contributed by atoms with E-state index in [9.17, 15) is 9.59 Å². The fourth-order valence-electron chi connectivity index (χ4n) is 4.60. The maximum atomic E-state index is 12.7. The van der Waals surface area contributed by atoms with Gasteiger partial charge in [-0.05, 0) is 73.2 Å². The minimum Gasteiger partial charge on any atom is -0.490 e. The second-order valence-electron chi connectivity index (χ2n) is 8.78. The fourth-order valence-corrected chi connectivity index (χ4v) is 4.85. The molecule has 3 fully saturated rings. The second kappa shape index (κ2) is 8.83. The summed E-state index contributed by atoms with van der Waals surface area (Å²) in [5.74, 6) is 1.96. The lowest BCUT2D eigenvalue weighted by Crippen LogP contribution is -2.42. The lowest BCUT2D eigenvalue weighted by Gasteiger charge is -2.19. The van der Waals surface area contributed by atoms with Crippen LogP contribution in [0.15, 0.2) is 48.5 Å². The summed E-state index contributed by atoms with van der Waals surface area (Å²) in [6, 6.07) is 14.3. The van der Waals surface area contributed by atoms with Crippen LogP contribution in [0.25, 0.3) is 0 Å². The highest BCUT2D eigenvalue weighted by molar-refractivity contribution is 6.30. The molecule has 2 aromatic carbocycles. The van der Waals surface area contributed by atoms with Gasteiger partial charge in [0, 0.05) is 28.5 Å². The third-order valence-corrected chi connectivity index (χ3v) is 6.96. The second-order valence-corrected chi connectivity index (χ2v) is 9.66. The molecule has 5 rings (SSSR count). The number of rotatable bonds is 8. The molecule has 2 amide bonds. The fraction of sp³-hybridized carbons (Fsp3) is 0.417. The molecule has 168 valence electrons. The molecule has 0 spiro atoms. The van der Waals surface area contributed by atoms with Crippen molar-refractivity contribution in [3.63, 3.8) is 0 Å². The van der Waals surface area contributed by atoms with Gasteiger partial charge in [-0.1, -0.05) is 23.2 Å². The van der Waals surface area contributed by atoms with E-state index in [1.807, 2.05) is 12.1 Å². The molecular formula is C24H24Cl2N2O4. The summed E-state index contributed by atoms with van der Waals surface area (Å²) in [4.78, 5) is 25.0.